The molecule has 5 rings (SSSR count). The second kappa shape index (κ2) is 6.97. The third-order valence-corrected chi connectivity index (χ3v) is 6.60. The summed E-state index contributed by atoms with van der Waals surface area (Å²) in [6, 6.07) is 5.66. The minimum absolute atomic E-state index is 0.0278. The minimum atomic E-state index is -0.334. The molecule has 1 N–H and O–H groups in total. The summed E-state index contributed by atoms with van der Waals surface area (Å²) in [7, 11) is 0. The van der Waals surface area contributed by atoms with Crippen LogP contribution in [0.1, 0.15) is 55.1 Å². The Labute approximate surface area is 168 Å². The van der Waals surface area contributed by atoms with E-state index in [9.17, 15) is 14.0 Å². The second-order valence-corrected chi connectivity index (χ2v) is 8.46. The van der Waals surface area contributed by atoms with Crippen molar-refractivity contribution < 1.29 is 13.9 Å². The number of H-pyrrole nitrogens is 1. The highest BCUT2D eigenvalue weighted by molar-refractivity contribution is 5.78. The van der Waals surface area contributed by atoms with Gasteiger partial charge in [-0.05, 0) is 62.8 Å². The summed E-state index contributed by atoms with van der Waals surface area (Å²) in [4.78, 5) is 34.7. The number of benzene rings is 1. The molecule has 2 aliphatic carbocycles. The van der Waals surface area contributed by atoms with Gasteiger partial charge in [-0.2, -0.15) is 0 Å². The van der Waals surface area contributed by atoms with E-state index in [2.05, 4.69) is 4.98 Å². The number of hydrogen-bond acceptors (Lipinski definition) is 4. The predicted octanol–water partition coefficient (Wildman–Crippen LogP) is 2.67. The predicted molar refractivity (Wildman–Crippen MR) is 105 cm³/mol. The van der Waals surface area contributed by atoms with Gasteiger partial charge in [-0.25, -0.2) is 9.37 Å². The topological polar surface area (TPSA) is 75.3 Å². The van der Waals surface area contributed by atoms with Crippen LogP contribution in [0.4, 0.5) is 4.39 Å². The number of aromatic nitrogens is 2. The molecule has 1 aliphatic heterocycles. The molecule has 2 fully saturated rings. The Balaban J connectivity index is 1.25. The molecule has 29 heavy (non-hydrogen) atoms. The van der Waals surface area contributed by atoms with Gasteiger partial charge in [0.1, 0.15) is 17.4 Å². The lowest BCUT2D eigenvalue weighted by molar-refractivity contribution is -0.135. The lowest BCUT2D eigenvalue weighted by Gasteiger charge is -2.39. The molecule has 0 radical (unpaired) electrons. The number of hydrogen-bond donors (Lipinski definition) is 1. The fourth-order valence-electron chi connectivity index (χ4n) is 4.66. The van der Waals surface area contributed by atoms with E-state index < -0.39 is 0 Å². The van der Waals surface area contributed by atoms with Crippen LogP contribution >= 0.6 is 0 Å². The Hall–Kier alpha value is -2.70. The van der Waals surface area contributed by atoms with Gasteiger partial charge in [0.2, 0.25) is 0 Å². The average molecular weight is 397 g/mol. The molecule has 6 nitrogen and oxygen atoms in total. The van der Waals surface area contributed by atoms with Crippen molar-refractivity contribution in [3.63, 3.8) is 0 Å². The van der Waals surface area contributed by atoms with E-state index in [1.54, 1.807) is 0 Å². The highest BCUT2D eigenvalue weighted by Crippen LogP contribution is 2.46. The third kappa shape index (κ3) is 3.43. The van der Waals surface area contributed by atoms with Gasteiger partial charge in [-0.15, -0.1) is 0 Å². The molecule has 7 heteroatoms. The van der Waals surface area contributed by atoms with Crippen LogP contribution in [-0.2, 0) is 16.6 Å². The van der Waals surface area contributed by atoms with Gasteiger partial charge < -0.3 is 14.6 Å². The van der Waals surface area contributed by atoms with Gasteiger partial charge in [0.05, 0.1) is 5.69 Å². The van der Waals surface area contributed by atoms with Crippen molar-refractivity contribution in [2.24, 2.45) is 0 Å². The Kier molecular flexibility index (Phi) is 4.41. The molecule has 1 saturated carbocycles. The van der Waals surface area contributed by atoms with Crippen LogP contribution in [0.15, 0.2) is 29.1 Å². The summed E-state index contributed by atoms with van der Waals surface area (Å²) in [6.07, 6.45) is 5.55. The maximum atomic E-state index is 13.0. The summed E-state index contributed by atoms with van der Waals surface area (Å²) in [5.74, 6) is 1.34. The largest absolute Gasteiger partial charge is 0.484 e. The van der Waals surface area contributed by atoms with Crippen LogP contribution in [-0.4, -0.2) is 40.5 Å². The molecule has 3 aliphatic rings. The maximum Gasteiger partial charge on any atom is 0.260 e. The van der Waals surface area contributed by atoms with Crippen molar-refractivity contribution in [2.75, 3.05) is 19.7 Å². The Morgan fingerprint density at radius 2 is 1.93 bits per heavy atom. The summed E-state index contributed by atoms with van der Waals surface area (Å²) < 4.78 is 18.5. The second-order valence-electron chi connectivity index (χ2n) is 8.46. The molecule has 2 heterocycles. The Morgan fingerprint density at radius 3 is 2.62 bits per heavy atom. The monoisotopic (exact) mass is 397 g/mol. The lowest BCUT2D eigenvalue weighted by Crippen LogP contribution is -2.46. The molecule has 2 aromatic rings. The quantitative estimate of drug-likeness (QED) is 0.861. The third-order valence-electron chi connectivity index (χ3n) is 6.60. The van der Waals surface area contributed by atoms with Gasteiger partial charge in [-0.3, -0.25) is 9.59 Å². The van der Waals surface area contributed by atoms with E-state index in [1.807, 2.05) is 4.90 Å². The fraction of sp³-hybridized carbons (Fsp3) is 0.500. The van der Waals surface area contributed by atoms with Gasteiger partial charge in [0.15, 0.2) is 6.61 Å². The number of carbonyl (C=O) groups excluding carboxylic acids is 1. The van der Waals surface area contributed by atoms with Crippen molar-refractivity contribution in [1.82, 2.24) is 14.9 Å². The molecule has 1 aromatic carbocycles. The zero-order chi connectivity index (χ0) is 20.0. The number of ether oxygens (including phenoxy) is 1. The number of nitrogens with zero attached hydrogens (tertiary/aromatic N) is 2. The van der Waals surface area contributed by atoms with Crippen LogP contribution < -0.4 is 10.3 Å². The molecular weight excluding hydrogens is 373 g/mol. The average Bonchev–Trinajstić information content (AvgIpc) is 3.52. The zero-order valence-electron chi connectivity index (χ0n) is 16.2. The van der Waals surface area contributed by atoms with E-state index in [0.717, 1.165) is 55.6 Å². The van der Waals surface area contributed by atoms with Gasteiger partial charge in [0, 0.05) is 30.0 Å². The van der Waals surface area contributed by atoms with Crippen molar-refractivity contribution in [3.05, 3.63) is 57.5 Å². The molecule has 0 bridgehead atoms. The molecule has 1 aromatic heterocycles. The fourth-order valence-corrected chi connectivity index (χ4v) is 4.66. The summed E-state index contributed by atoms with van der Waals surface area (Å²) in [5.41, 5.74) is 1.77. The molecule has 1 amide bonds. The number of aromatic amines is 1. The number of rotatable bonds is 4. The smallest absolute Gasteiger partial charge is 0.260 e. The Morgan fingerprint density at radius 1 is 1.21 bits per heavy atom. The highest BCUT2D eigenvalue weighted by Gasteiger charge is 2.45. The molecule has 0 atom stereocenters. The molecule has 1 spiro atoms. The first-order valence-corrected chi connectivity index (χ1v) is 10.3. The number of piperidine rings is 1. The van der Waals surface area contributed by atoms with Crippen molar-refractivity contribution in [1.29, 1.82) is 0 Å². The van der Waals surface area contributed by atoms with E-state index in [1.165, 1.54) is 24.3 Å². The van der Waals surface area contributed by atoms with Crippen molar-refractivity contribution >= 4 is 5.91 Å². The van der Waals surface area contributed by atoms with Crippen LogP contribution in [0.3, 0.4) is 0 Å². The maximum absolute atomic E-state index is 13.0. The summed E-state index contributed by atoms with van der Waals surface area (Å²) in [6.45, 7) is 1.22. The van der Waals surface area contributed by atoms with E-state index in [4.69, 9.17) is 9.72 Å². The first-order chi connectivity index (χ1) is 14.0. The normalized spacial score (nSPS) is 20.0. The van der Waals surface area contributed by atoms with E-state index >= 15 is 0 Å². The number of fused-ring (bicyclic) bond motifs is 2. The van der Waals surface area contributed by atoms with E-state index in [0.29, 0.717) is 24.8 Å². The first-order valence-electron chi connectivity index (χ1n) is 10.3. The zero-order valence-corrected chi connectivity index (χ0v) is 16.2. The number of likely N-dealkylation sites (tertiary alicyclic amines) is 1. The van der Waals surface area contributed by atoms with Crippen LogP contribution in [0.2, 0.25) is 0 Å². The van der Waals surface area contributed by atoms with Crippen LogP contribution in [0.5, 0.6) is 5.75 Å². The summed E-state index contributed by atoms with van der Waals surface area (Å²) >= 11 is 0. The van der Waals surface area contributed by atoms with Crippen molar-refractivity contribution in [2.45, 2.75) is 49.9 Å². The molecule has 1 saturated heterocycles. The SMILES string of the molecule is O=C(COc1ccc(F)cc1)N1CCC2(CCc3c2nc(C2CC2)[nH]c3=O)CC1. The number of nitrogens with one attached hydrogen (secondary N) is 1. The molecule has 152 valence electrons. The number of halogens is 1. The van der Waals surface area contributed by atoms with Crippen LogP contribution in [0.25, 0.3) is 0 Å². The van der Waals surface area contributed by atoms with Gasteiger partial charge in [0.25, 0.3) is 11.5 Å². The standard InChI is InChI=1S/C22H24FN3O3/c23-15-3-5-16(6-4-15)29-13-18(27)26-11-9-22(10-12-26)8-7-17-19(22)24-20(14-1-2-14)25-21(17)28/h3-6,14H,1-2,7-13H2,(H,24,25,28). The van der Waals surface area contributed by atoms with Gasteiger partial charge in [-0.1, -0.05) is 0 Å². The molecular formula is C22H24FN3O3. The first kappa shape index (κ1) is 18.3. The van der Waals surface area contributed by atoms with Crippen molar-refractivity contribution in [3.8, 4) is 5.75 Å². The Bertz CT molecular complexity index is 989. The summed E-state index contributed by atoms with van der Waals surface area (Å²) in [5, 5.41) is 0. The minimum Gasteiger partial charge on any atom is -0.484 e. The highest BCUT2D eigenvalue weighted by atomic mass is 19.1. The number of amides is 1. The lowest BCUT2D eigenvalue weighted by atomic mass is 9.76. The van der Waals surface area contributed by atoms with E-state index in [-0.39, 0.29) is 29.3 Å². The van der Waals surface area contributed by atoms with Crippen LogP contribution in [0, 0.1) is 5.82 Å². The molecule has 0 unspecified atom stereocenters. The number of carbonyl (C=O) groups is 1. The van der Waals surface area contributed by atoms with Gasteiger partial charge >= 0.3 is 0 Å².